The van der Waals surface area contributed by atoms with Crippen molar-refractivity contribution in [3.05, 3.63) is 60.2 Å². The van der Waals surface area contributed by atoms with Crippen molar-refractivity contribution in [1.29, 1.82) is 0 Å². The van der Waals surface area contributed by atoms with Crippen molar-refractivity contribution >= 4 is 21.9 Å². The number of nitrogens with one attached hydrogen (secondary N) is 1. The van der Waals surface area contributed by atoms with Gasteiger partial charge in [0.2, 0.25) is 16.0 Å². The fraction of sp³-hybridized carbons (Fsp3) is 0.263. The lowest BCUT2D eigenvalue weighted by Crippen LogP contribution is -2.49. The number of anilines is 1. The van der Waals surface area contributed by atoms with Crippen LogP contribution in [0.4, 0.5) is 5.95 Å². The second-order valence-electron chi connectivity index (χ2n) is 6.74. The molecular formula is C19H21N7O3S. The Morgan fingerprint density at radius 3 is 2.43 bits per heavy atom. The highest BCUT2D eigenvalue weighted by Gasteiger charge is 2.26. The molecule has 2 aromatic carbocycles. The minimum Gasteiger partial charge on any atom is -0.336 e. The molecule has 1 aliphatic rings. The standard InChI is InChI=1S/C19H21N7O3S/c1-20-30(28,29)17-9-5-6-15(14-17)18(27)24-10-12-25(13-11-24)19-21-22-23-26(19)16-7-3-2-4-8-16/h2-9,14,20H,10-13H2,1H3. The summed E-state index contributed by atoms with van der Waals surface area (Å²) in [5.74, 6) is 0.417. The number of tetrazole rings is 1. The fourth-order valence-electron chi connectivity index (χ4n) is 3.32. The first-order valence-electron chi connectivity index (χ1n) is 9.41. The van der Waals surface area contributed by atoms with Crippen molar-refractivity contribution < 1.29 is 13.2 Å². The van der Waals surface area contributed by atoms with Gasteiger partial charge in [-0.05, 0) is 47.8 Å². The van der Waals surface area contributed by atoms with E-state index in [0.717, 1.165) is 5.69 Å². The van der Waals surface area contributed by atoms with Gasteiger partial charge in [0.15, 0.2) is 0 Å². The summed E-state index contributed by atoms with van der Waals surface area (Å²) in [4.78, 5) is 16.7. The number of carbonyl (C=O) groups is 1. The molecule has 0 atom stereocenters. The average molecular weight is 427 g/mol. The molecule has 11 heteroatoms. The summed E-state index contributed by atoms with van der Waals surface area (Å²) in [7, 11) is -2.27. The van der Waals surface area contributed by atoms with Crippen LogP contribution in [0, 0.1) is 0 Å². The van der Waals surface area contributed by atoms with Crippen LogP contribution >= 0.6 is 0 Å². The number of hydrogen-bond acceptors (Lipinski definition) is 7. The van der Waals surface area contributed by atoms with Crippen LogP contribution in [0.1, 0.15) is 10.4 Å². The van der Waals surface area contributed by atoms with E-state index in [9.17, 15) is 13.2 Å². The van der Waals surface area contributed by atoms with Crippen molar-refractivity contribution in [2.45, 2.75) is 4.90 Å². The molecule has 0 saturated carbocycles. The van der Waals surface area contributed by atoms with Gasteiger partial charge in [-0.3, -0.25) is 4.79 Å². The van der Waals surface area contributed by atoms with Gasteiger partial charge in [0.05, 0.1) is 10.6 Å². The predicted molar refractivity (Wildman–Crippen MR) is 110 cm³/mol. The van der Waals surface area contributed by atoms with Crippen LogP contribution in [0.3, 0.4) is 0 Å². The minimum absolute atomic E-state index is 0.0662. The highest BCUT2D eigenvalue weighted by molar-refractivity contribution is 7.89. The molecule has 1 fully saturated rings. The van der Waals surface area contributed by atoms with Crippen molar-refractivity contribution in [2.75, 3.05) is 38.1 Å². The molecule has 1 saturated heterocycles. The van der Waals surface area contributed by atoms with Crippen molar-refractivity contribution in [1.82, 2.24) is 29.8 Å². The number of amides is 1. The second kappa shape index (κ2) is 8.20. The quantitative estimate of drug-likeness (QED) is 0.632. The van der Waals surface area contributed by atoms with Crippen molar-refractivity contribution in [3.63, 3.8) is 0 Å². The Balaban J connectivity index is 1.47. The third kappa shape index (κ3) is 3.89. The van der Waals surface area contributed by atoms with E-state index in [-0.39, 0.29) is 10.8 Å². The Morgan fingerprint density at radius 2 is 1.73 bits per heavy atom. The van der Waals surface area contributed by atoms with E-state index >= 15 is 0 Å². The molecule has 0 bridgehead atoms. The molecule has 3 aromatic rings. The fourth-order valence-corrected chi connectivity index (χ4v) is 4.10. The zero-order valence-electron chi connectivity index (χ0n) is 16.3. The van der Waals surface area contributed by atoms with E-state index in [2.05, 4.69) is 20.2 Å². The molecule has 1 N–H and O–H groups in total. The smallest absolute Gasteiger partial charge is 0.254 e. The molecule has 0 spiro atoms. The van der Waals surface area contributed by atoms with Crippen molar-refractivity contribution in [2.24, 2.45) is 0 Å². The van der Waals surface area contributed by atoms with Gasteiger partial charge in [0, 0.05) is 31.7 Å². The van der Waals surface area contributed by atoms with Crippen LogP contribution in [0.15, 0.2) is 59.5 Å². The normalized spacial score (nSPS) is 14.7. The zero-order valence-corrected chi connectivity index (χ0v) is 17.2. The number of nitrogens with zero attached hydrogens (tertiary/aromatic N) is 6. The van der Waals surface area contributed by atoms with E-state index in [4.69, 9.17) is 0 Å². The predicted octanol–water partition coefficient (Wildman–Crippen LogP) is 0.533. The highest BCUT2D eigenvalue weighted by Crippen LogP contribution is 2.19. The van der Waals surface area contributed by atoms with E-state index in [1.54, 1.807) is 21.7 Å². The summed E-state index contributed by atoms with van der Waals surface area (Å²) in [6, 6.07) is 15.7. The number of benzene rings is 2. The number of rotatable bonds is 5. The van der Waals surface area contributed by atoms with Gasteiger partial charge in [-0.15, -0.1) is 0 Å². The number of piperazine rings is 1. The van der Waals surface area contributed by atoms with Crippen LogP contribution in [0.2, 0.25) is 0 Å². The molecule has 1 aliphatic heterocycles. The van der Waals surface area contributed by atoms with E-state index in [1.807, 2.05) is 35.2 Å². The van der Waals surface area contributed by atoms with Crippen LogP contribution in [0.5, 0.6) is 0 Å². The second-order valence-corrected chi connectivity index (χ2v) is 8.63. The molecule has 0 aliphatic carbocycles. The zero-order chi connectivity index (χ0) is 21.1. The lowest BCUT2D eigenvalue weighted by molar-refractivity contribution is 0.0746. The molecule has 0 radical (unpaired) electrons. The SMILES string of the molecule is CNS(=O)(=O)c1cccc(C(=O)N2CCN(c3nnnn3-c3ccccc3)CC2)c1. The lowest BCUT2D eigenvalue weighted by Gasteiger charge is -2.34. The maximum atomic E-state index is 12.9. The monoisotopic (exact) mass is 427 g/mol. The molecular weight excluding hydrogens is 406 g/mol. The van der Waals surface area contributed by atoms with E-state index in [0.29, 0.717) is 37.7 Å². The highest BCUT2D eigenvalue weighted by atomic mass is 32.2. The Kier molecular flexibility index (Phi) is 5.46. The van der Waals surface area contributed by atoms with Crippen molar-refractivity contribution in [3.8, 4) is 5.69 Å². The molecule has 10 nitrogen and oxygen atoms in total. The summed E-state index contributed by atoms with van der Waals surface area (Å²) in [5, 5.41) is 12.0. The number of para-hydroxylation sites is 1. The van der Waals surface area contributed by atoms with Crippen LogP contribution in [-0.4, -0.2) is 72.7 Å². The molecule has 1 aromatic heterocycles. The van der Waals surface area contributed by atoms with Gasteiger partial charge in [-0.1, -0.05) is 29.4 Å². The minimum atomic E-state index is -3.61. The van der Waals surface area contributed by atoms with Gasteiger partial charge < -0.3 is 9.80 Å². The average Bonchev–Trinajstić information content (AvgIpc) is 3.29. The first-order chi connectivity index (χ1) is 14.5. The number of sulfonamides is 1. The van der Waals surface area contributed by atoms with Gasteiger partial charge in [0.25, 0.3) is 5.91 Å². The van der Waals surface area contributed by atoms with E-state index in [1.165, 1.54) is 19.2 Å². The number of hydrogen-bond donors (Lipinski definition) is 1. The maximum absolute atomic E-state index is 12.9. The molecule has 2 heterocycles. The summed E-state index contributed by atoms with van der Waals surface area (Å²) in [6.07, 6.45) is 0. The third-order valence-corrected chi connectivity index (χ3v) is 6.38. The van der Waals surface area contributed by atoms with Crippen LogP contribution in [-0.2, 0) is 10.0 Å². The molecule has 0 unspecified atom stereocenters. The van der Waals surface area contributed by atoms with Crippen LogP contribution < -0.4 is 9.62 Å². The largest absolute Gasteiger partial charge is 0.336 e. The number of carbonyl (C=O) groups excluding carboxylic acids is 1. The Labute approximate surface area is 174 Å². The summed E-state index contributed by atoms with van der Waals surface area (Å²) in [5.41, 5.74) is 1.20. The molecule has 4 rings (SSSR count). The third-order valence-electron chi connectivity index (χ3n) is 4.96. The topological polar surface area (TPSA) is 113 Å². The van der Waals surface area contributed by atoms with E-state index < -0.39 is 10.0 Å². The van der Waals surface area contributed by atoms with Gasteiger partial charge in [0.1, 0.15) is 0 Å². The molecule has 1 amide bonds. The lowest BCUT2D eigenvalue weighted by atomic mass is 10.2. The van der Waals surface area contributed by atoms with Crippen LogP contribution in [0.25, 0.3) is 5.69 Å². The van der Waals surface area contributed by atoms with Gasteiger partial charge >= 0.3 is 0 Å². The Hall–Kier alpha value is -3.31. The maximum Gasteiger partial charge on any atom is 0.254 e. The first-order valence-corrected chi connectivity index (χ1v) is 10.9. The Bertz CT molecular complexity index is 1140. The van der Waals surface area contributed by atoms with Gasteiger partial charge in [-0.2, -0.15) is 4.68 Å². The number of aromatic nitrogens is 4. The van der Waals surface area contributed by atoms with Gasteiger partial charge in [-0.25, -0.2) is 13.1 Å². The molecule has 30 heavy (non-hydrogen) atoms. The summed E-state index contributed by atoms with van der Waals surface area (Å²) < 4.78 is 28.0. The summed E-state index contributed by atoms with van der Waals surface area (Å²) in [6.45, 7) is 2.08. The first kappa shape index (κ1) is 20.0. The molecule has 156 valence electrons. The Morgan fingerprint density at radius 1 is 1.00 bits per heavy atom. The summed E-state index contributed by atoms with van der Waals surface area (Å²) >= 11 is 0.